The fourth-order valence-electron chi connectivity index (χ4n) is 4.56. The highest BCUT2D eigenvalue weighted by atomic mass is 31.2. The number of nitrogens with one attached hydrogen (secondary N) is 1. The van der Waals surface area contributed by atoms with E-state index in [2.05, 4.69) is 20.0 Å². The molecule has 16 nitrogen and oxygen atoms in total. The summed E-state index contributed by atoms with van der Waals surface area (Å²) in [6.45, 7) is 5.12. The molecule has 0 aliphatic carbocycles. The van der Waals surface area contributed by atoms with Crippen LogP contribution in [0.5, 0.6) is 23.1 Å². The van der Waals surface area contributed by atoms with Crippen LogP contribution in [0.4, 0.5) is 10.3 Å². The van der Waals surface area contributed by atoms with E-state index in [1.54, 1.807) is 26.0 Å². The number of nitrogens with two attached hydrogens (primary N) is 1. The quantitative estimate of drug-likeness (QED) is 0.207. The summed E-state index contributed by atoms with van der Waals surface area (Å²) >= 11 is 0. The van der Waals surface area contributed by atoms with Gasteiger partial charge in [-0.2, -0.15) is 15.1 Å². The van der Waals surface area contributed by atoms with Crippen molar-refractivity contribution in [3.05, 3.63) is 24.5 Å². The summed E-state index contributed by atoms with van der Waals surface area (Å²) < 4.78 is 69.7. The molecule has 2 aliphatic rings. The summed E-state index contributed by atoms with van der Waals surface area (Å²) in [4.78, 5) is 24.8. The average molecular weight is 627 g/mol. The number of anilines is 1. The highest BCUT2D eigenvalue weighted by molar-refractivity contribution is 7.52. The minimum absolute atomic E-state index is 0.00698. The zero-order valence-electron chi connectivity index (χ0n) is 23.9. The van der Waals surface area contributed by atoms with Crippen LogP contribution in [0.3, 0.4) is 0 Å². The molecule has 43 heavy (non-hydrogen) atoms. The number of para-hydroxylation sites is 1. The molecule has 234 valence electrons. The zero-order valence-corrected chi connectivity index (χ0v) is 24.8. The summed E-state index contributed by atoms with van der Waals surface area (Å²) in [6.07, 6.45) is -3.80. The molecule has 1 aromatic carbocycles. The van der Waals surface area contributed by atoms with Crippen molar-refractivity contribution in [2.45, 2.75) is 63.9 Å². The van der Waals surface area contributed by atoms with Crippen LogP contribution in [-0.2, 0) is 23.4 Å². The van der Waals surface area contributed by atoms with Gasteiger partial charge in [0.05, 0.1) is 26.1 Å². The summed E-state index contributed by atoms with van der Waals surface area (Å²) in [5.41, 5.74) is 3.66. The third-order valence-electron chi connectivity index (χ3n) is 6.61. The maximum Gasteiger partial charge on any atom is 0.459 e. The molecule has 0 radical (unpaired) electrons. The molecule has 5 rings (SSSR count). The van der Waals surface area contributed by atoms with E-state index in [1.165, 1.54) is 31.0 Å². The third kappa shape index (κ3) is 6.03. The maximum absolute atomic E-state index is 16.1. The molecule has 0 unspecified atom stereocenters. The molecule has 18 heteroatoms. The Labute approximate surface area is 245 Å². The Bertz CT molecular complexity index is 1550. The number of hydrogen-bond donors (Lipinski definition) is 3. The smallest absolute Gasteiger partial charge is 0.459 e. The van der Waals surface area contributed by atoms with Gasteiger partial charge in [-0.3, -0.25) is 13.9 Å². The SMILES string of the molecule is COc1nc(N)nc2c1ncn2[C@@H]1O[C@H](CO[P@@](=O)(N[C@@H](C)C(=O)OC(C)C)Oc2cccc3c2OCO3)[C@@H](O)[C@@]1(C)F. The standard InChI is InChI=1S/C25H32FN6O10P/c1-12(2)40-22(34)13(3)31-43(35,42-15-8-6-7-14-18(15)38-11-37-14)39-9-16-19(33)25(4,26)23(41-16)32-10-28-17-20(32)29-24(27)30-21(17)36-5/h6-8,10,12-13,16,19,23,33H,9,11H2,1-5H3,(H,31,35)(H2,27,29,30)/t13-,16+,19+,23+,25+,43-/m0/s1. The molecule has 0 bridgehead atoms. The number of aliphatic hydroxyl groups excluding tert-OH is 1. The summed E-state index contributed by atoms with van der Waals surface area (Å²) in [7, 11) is -3.09. The molecule has 0 amide bonds. The van der Waals surface area contributed by atoms with Crippen LogP contribution in [-0.4, -0.2) is 81.1 Å². The Hall–Kier alpha value is -3.76. The van der Waals surface area contributed by atoms with Crippen LogP contribution in [0.25, 0.3) is 11.2 Å². The van der Waals surface area contributed by atoms with Crippen LogP contribution in [0.15, 0.2) is 24.5 Å². The fourth-order valence-corrected chi connectivity index (χ4v) is 6.07. The first-order valence-corrected chi connectivity index (χ1v) is 14.7. The van der Waals surface area contributed by atoms with Gasteiger partial charge in [0.15, 0.2) is 34.6 Å². The van der Waals surface area contributed by atoms with Crippen LogP contribution in [0, 0.1) is 0 Å². The zero-order chi connectivity index (χ0) is 31.1. The van der Waals surface area contributed by atoms with Gasteiger partial charge >= 0.3 is 13.7 Å². The number of aromatic nitrogens is 4. The lowest BCUT2D eigenvalue weighted by molar-refractivity contribution is -0.149. The second-order valence-electron chi connectivity index (χ2n) is 10.2. The van der Waals surface area contributed by atoms with Gasteiger partial charge in [0.1, 0.15) is 18.2 Å². The topological polar surface area (TPSA) is 201 Å². The van der Waals surface area contributed by atoms with Gasteiger partial charge in [-0.05, 0) is 39.8 Å². The van der Waals surface area contributed by atoms with Crippen molar-refractivity contribution in [2.24, 2.45) is 0 Å². The summed E-state index contributed by atoms with van der Waals surface area (Å²) in [6, 6.07) is 3.50. The van der Waals surface area contributed by atoms with Crippen molar-refractivity contribution < 1.29 is 51.6 Å². The number of aliphatic hydroxyl groups is 1. The summed E-state index contributed by atoms with van der Waals surface area (Å²) in [5.74, 6) is -0.305. The molecule has 1 saturated heterocycles. The van der Waals surface area contributed by atoms with Crippen molar-refractivity contribution >= 4 is 30.8 Å². The molecular weight excluding hydrogens is 594 g/mol. The number of hydrogen-bond acceptors (Lipinski definition) is 14. The van der Waals surface area contributed by atoms with Crippen LogP contribution in [0.1, 0.15) is 33.9 Å². The minimum atomic E-state index is -4.46. The van der Waals surface area contributed by atoms with Gasteiger partial charge in [0, 0.05) is 0 Å². The number of alkyl halides is 1. The van der Waals surface area contributed by atoms with Crippen molar-refractivity contribution in [2.75, 3.05) is 26.2 Å². The first kappa shape index (κ1) is 30.7. The molecule has 2 aliphatic heterocycles. The monoisotopic (exact) mass is 626 g/mol. The molecule has 6 atom stereocenters. The second kappa shape index (κ2) is 11.7. The molecule has 4 heterocycles. The molecule has 4 N–H and O–H groups in total. The van der Waals surface area contributed by atoms with Gasteiger partial charge in [-0.1, -0.05) is 6.07 Å². The number of rotatable bonds is 11. The van der Waals surface area contributed by atoms with Gasteiger partial charge in [0.25, 0.3) is 0 Å². The number of carbonyl (C=O) groups is 1. The minimum Gasteiger partial charge on any atom is -0.479 e. The predicted octanol–water partition coefficient (Wildman–Crippen LogP) is 2.27. The number of carbonyl (C=O) groups excluding carboxylic acids is 1. The van der Waals surface area contributed by atoms with E-state index in [0.29, 0.717) is 5.75 Å². The Morgan fingerprint density at radius 2 is 2.09 bits per heavy atom. The van der Waals surface area contributed by atoms with E-state index in [4.69, 9.17) is 38.5 Å². The highest BCUT2D eigenvalue weighted by Gasteiger charge is 2.56. The van der Waals surface area contributed by atoms with E-state index < -0.39 is 56.6 Å². The van der Waals surface area contributed by atoms with Crippen molar-refractivity contribution in [1.29, 1.82) is 0 Å². The second-order valence-corrected chi connectivity index (χ2v) is 11.9. The number of nitrogens with zero attached hydrogens (tertiary/aromatic N) is 4. The van der Waals surface area contributed by atoms with E-state index in [0.717, 1.165) is 6.92 Å². The van der Waals surface area contributed by atoms with Crippen LogP contribution < -0.4 is 29.6 Å². The van der Waals surface area contributed by atoms with E-state index in [-0.39, 0.29) is 41.3 Å². The molecule has 1 fully saturated rings. The third-order valence-corrected chi connectivity index (χ3v) is 8.24. The summed E-state index contributed by atoms with van der Waals surface area (Å²) in [5, 5.41) is 13.5. The lowest BCUT2D eigenvalue weighted by Gasteiger charge is -2.25. The predicted molar refractivity (Wildman–Crippen MR) is 146 cm³/mol. The largest absolute Gasteiger partial charge is 0.479 e. The number of fused-ring (bicyclic) bond motifs is 2. The normalized spacial score (nSPS) is 25.1. The Balaban J connectivity index is 1.39. The number of nitrogen functional groups attached to an aromatic ring is 1. The number of halogens is 1. The molecule has 0 spiro atoms. The molecule has 2 aromatic heterocycles. The van der Waals surface area contributed by atoms with Crippen LogP contribution in [0.2, 0.25) is 0 Å². The van der Waals surface area contributed by atoms with Gasteiger partial charge in [-0.25, -0.2) is 13.9 Å². The maximum atomic E-state index is 16.1. The Kier molecular flexibility index (Phi) is 8.37. The van der Waals surface area contributed by atoms with Crippen LogP contribution >= 0.6 is 7.75 Å². The number of esters is 1. The first-order valence-electron chi connectivity index (χ1n) is 13.2. The number of methoxy groups -OCH3 is 1. The average Bonchev–Trinajstić information content (AvgIpc) is 3.64. The first-order chi connectivity index (χ1) is 20.3. The van der Waals surface area contributed by atoms with Crippen molar-refractivity contribution in [3.63, 3.8) is 0 Å². The lowest BCUT2D eigenvalue weighted by atomic mass is 9.98. The van der Waals surface area contributed by atoms with Gasteiger partial charge < -0.3 is 39.0 Å². The number of benzene rings is 1. The number of imidazole rings is 1. The fraction of sp³-hybridized carbons (Fsp3) is 0.520. The number of ether oxygens (including phenoxy) is 5. The molecule has 3 aromatic rings. The Morgan fingerprint density at radius 3 is 2.81 bits per heavy atom. The van der Waals surface area contributed by atoms with E-state index in [9.17, 15) is 14.5 Å². The highest BCUT2D eigenvalue weighted by Crippen LogP contribution is 2.52. The van der Waals surface area contributed by atoms with Gasteiger partial charge in [-0.15, -0.1) is 0 Å². The molecular formula is C25H32FN6O10P. The lowest BCUT2D eigenvalue weighted by Crippen LogP contribution is -2.41. The van der Waals surface area contributed by atoms with Gasteiger partial charge in [0.2, 0.25) is 24.4 Å². The molecule has 0 saturated carbocycles. The van der Waals surface area contributed by atoms with Crippen molar-refractivity contribution in [3.8, 4) is 23.1 Å². The van der Waals surface area contributed by atoms with Crippen molar-refractivity contribution in [1.82, 2.24) is 24.6 Å². The van der Waals surface area contributed by atoms with E-state index >= 15 is 4.39 Å². The van der Waals surface area contributed by atoms with E-state index in [1.807, 2.05) is 0 Å². The Morgan fingerprint density at radius 1 is 1.33 bits per heavy atom.